The molecule has 0 aromatic heterocycles. The molecule has 0 heterocycles. The van der Waals surface area contributed by atoms with Crippen LogP contribution in [0.5, 0.6) is 0 Å². The summed E-state index contributed by atoms with van der Waals surface area (Å²) in [5.41, 5.74) is 0.886. The topological polar surface area (TPSA) is 55.8 Å². The lowest BCUT2D eigenvalue weighted by Gasteiger charge is -2.43. The number of benzene rings is 3. The largest absolute Gasteiger partial charge is 0.459 e. The van der Waals surface area contributed by atoms with E-state index in [2.05, 4.69) is 45.0 Å². The van der Waals surface area contributed by atoms with Crippen LogP contribution in [0.15, 0.2) is 91.0 Å². The number of aliphatic hydroxyl groups excluding tert-OH is 1. The summed E-state index contributed by atoms with van der Waals surface area (Å²) >= 11 is 0. The number of hydrogen-bond acceptors (Lipinski definition) is 4. The van der Waals surface area contributed by atoms with Crippen molar-refractivity contribution in [2.75, 3.05) is 6.61 Å². The van der Waals surface area contributed by atoms with E-state index >= 15 is 0 Å². The average molecular weight is 449 g/mol. The molecule has 0 aliphatic carbocycles. The zero-order valence-electron chi connectivity index (χ0n) is 19.0. The molecule has 0 bridgehead atoms. The molecule has 0 fully saturated rings. The maximum atomic E-state index is 12.3. The van der Waals surface area contributed by atoms with Gasteiger partial charge in [0.15, 0.2) is 6.10 Å². The van der Waals surface area contributed by atoms with Gasteiger partial charge in [0.25, 0.3) is 8.32 Å². The molecule has 3 aromatic rings. The molecule has 0 saturated heterocycles. The molecule has 0 aliphatic rings. The molecule has 168 valence electrons. The highest BCUT2D eigenvalue weighted by molar-refractivity contribution is 6.99. The van der Waals surface area contributed by atoms with E-state index in [0.717, 1.165) is 5.56 Å². The lowest BCUT2D eigenvalue weighted by atomic mass is 10.2. The van der Waals surface area contributed by atoms with Crippen molar-refractivity contribution in [3.8, 4) is 0 Å². The Morgan fingerprint density at radius 2 is 1.31 bits per heavy atom. The van der Waals surface area contributed by atoms with Crippen LogP contribution in [0.3, 0.4) is 0 Å². The summed E-state index contributed by atoms with van der Waals surface area (Å²) in [6.07, 6.45) is -1.05. The highest BCUT2D eigenvalue weighted by Gasteiger charge is 2.50. The third-order valence-corrected chi connectivity index (χ3v) is 10.7. The molecule has 3 rings (SSSR count). The summed E-state index contributed by atoms with van der Waals surface area (Å²) in [5.74, 6) is -0.625. The van der Waals surface area contributed by atoms with E-state index in [4.69, 9.17) is 9.16 Å². The Balaban J connectivity index is 1.74. The van der Waals surface area contributed by atoms with Crippen molar-refractivity contribution in [3.05, 3.63) is 96.6 Å². The molecular formula is C27H32O4Si. The lowest BCUT2D eigenvalue weighted by Crippen LogP contribution is -2.66. The van der Waals surface area contributed by atoms with Crippen LogP contribution in [0, 0.1) is 0 Å². The molecule has 1 atom stereocenters. The van der Waals surface area contributed by atoms with Gasteiger partial charge in [0.05, 0.1) is 0 Å². The molecule has 0 aliphatic heterocycles. The van der Waals surface area contributed by atoms with Crippen LogP contribution >= 0.6 is 0 Å². The van der Waals surface area contributed by atoms with Crippen LogP contribution in [0.25, 0.3) is 0 Å². The highest BCUT2D eigenvalue weighted by Crippen LogP contribution is 2.36. The van der Waals surface area contributed by atoms with Gasteiger partial charge >= 0.3 is 5.97 Å². The van der Waals surface area contributed by atoms with E-state index in [1.807, 2.05) is 66.7 Å². The van der Waals surface area contributed by atoms with E-state index in [1.54, 1.807) is 0 Å². The van der Waals surface area contributed by atoms with Crippen LogP contribution in [0.1, 0.15) is 32.8 Å². The normalized spacial score (nSPS) is 12.9. The van der Waals surface area contributed by atoms with Crippen molar-refractivity contribution in [2.24, 2.45) is 0 Å². The molecule has 0 amide bonds. The zero-order chi connectivity index (χ0) is 23.0. The van der Waals surface area contributed by atoms with E-state index in [-0.39, 0.29) is 24.7 Å². The standard InChI is InChI=1S/C27H32O4Si/c1-27(2,3)32(23-15-9-5-10-16-23,24-17-11-6-12-18-24)31-20-19-25(28)26(29)30-21-22-13-7-4-8-14-22/h4-18,25,28H,19-21H2,1-3H3. The fourth-order valence-corrected chi connectivity index (χ4v) is 8.61. The fourth-order valence-electron chi connectivity index (χ4n) is 4.03. The lowest BCUT2D eigenvalue weighted by molar-refractivity contribution is -0.155. The van der Waals surface area contributed by atoms with Crippen molar-refractivity contribution in [1.82, 2.24) is 0 Å². The minimum absolute atomic E-state index is 0.145. The first-order valence-electron chi connectivity index (χ1n) is 11.0. The predicted octanol–water partition coefficient (Wildman–Crippen LogP) is 4.06. The maximum absolute atomic E-state index is 12.3. The summed E-state index contributed by atoms with van der Waals surface area (Å²) < 4.78 is 12.0. The van der Waals surface area contributed by atoms with Crippen molar-refractivity contribution in [3.63, 3.8) is 0 Å². The third-order valence-electron chi connectivity index (χ3n) is 5.62. The summed E-state index contributed by atoms with van der Waals surface area (Å²) in [5, 5.41) is 12.6. The molecule has 3 aromatic carbocycles. The second-order valence-electron chi connectivity index (χ2n) is 8.91. The second kappa shape index (κ2) is 10.7. The minimum Gasteiger partial charge on any atom is -0.459 e. The maximum Gasteiger partial charge on any atom is 0.335 e. The molecule has 0 spiro atoms. The Morgan fingerprint density at radius 3 is 1.78 bits per heavy atom. The van der Waals surface area contributed by atoms with Crippen molar-refractivity contribution < 1.29 is 19.1 Å². The number of ether oxygens (including phenoxy) is 1. The van der Waals surface area contributed by atoms with Gasteiger partial charge in [-0.05, 0) is 21.0 Å². The summed E-state index contributed by atoms with van der Waals surface area (Å²) in [6, 6.07) is 30.1. The van der Waals surface area contributed by atoms with Gasteiger partial charge < -0.3 is 14.3 Å². The van der Waals surface area contributed by atoms with Crippen molar-refractivity contribution >= 4 is 24.7 Å². The number of carbonyl (C=O) groups is 1. The Bertz CT molecular complexity index is 929. The third kappa shape index (κ3) is 5.54. The van der Waals surface area contributed by atoms with Crippen LogP contribution in [0.2, 0.25) is 5.04 Å². The molecule has 32 heavy (non-hydrogen) atoms. The summed E-state index contributed by atoms with van der Waals surface area (Å²) in [6.45, 7) is 7.00. The monoisotopic (exact) mass is 448 g/mol. The molecule has 4 nitrogen and oxygen atoms in total. The van der Waals surface area contributed by atoms with Gasteiger partial charge in [-0.1, -0.05) is 112 Å². The average Bonchev–Trinajstić information content (AvgIpc) is 2.81. The number of rotatable bonds is 9. The zero-order valence-corrected chi connectivity index (χ0v) is 20.0. The Kier molecular flexibility index (Phi) is 8.02. The van der Waals surface area contributed by atoms with E-state index < -0.39 is 20.4 Å². The van der Waals surface area contributed by atoms with E-state index in [0.29, 0.717) is 0 Å². The Morgan fingerprint density at radius 1 is 0.844 bits per heavy atom. The first-order chi connectivity index (χ1) is 15.3. The number of hydrogen-bond donors (Lipinski definition) is 1. The van der Waals surface area contributed by atoms with Gasteiger partial charge in [0.2, 0.25) is 0 Å². The summed E-state index contributed by atoms with van der Waals surface area (Å²) in [4.78, 5) is 12.3. The number of carbonyl (C=O) groups excluding carboxylic acids is 1. The SMILES string of the molecule is CC(C)(C)[Si](OCCC(O)C(=O)OCc1ccccc1)(c1ccccc1)c1ccccc1. The Labute approximate surface area is 192 Å². The smallest absolute Gasteiger partial charge is 0.335 e. The molecule has 1 unspecified atom stereocenters. The Hall–Kier alpha value is -2.73. The van der Waals surface area contributed by atoms with Gasteiger partial charge in [0, 0.05) is 13.0 Å². The molecular weight excluding hydrogens is 416 g/mol. The van der Waals surface area contributed by atoms with Crippen molar-refractivity contribution in [1.29, 1.82) is 0 Å². The molecule has 5 heteroatoms. The van der Waals surface area contributed by atoms with Crippen LogP contribution < -0.4 is 10.4 Å². The van der Waals surface area contributed by atoms with Crippen LogP contribution in [-0.4, -0.2) is 32.1 Å². The summed E-state index contributed by atoms with van der Waals surface area (Å²) in [7, 11) is -2.69. The molecule has 0 saturated carbocycles. The van der Waals surface area contributed by atoms with Gasteiger partial charge in [0.1, 0.15) is 6.61 Å². The number of esters is 1. The molecule has 1 N–H and O–H groups in total. The van der Waals surface area contributed by atoms with E-state index in [1.165, 1.54) is 10.4 Å². The highest BCUT2D eigenvalue weighted by atomic mass is 28.4. The predicted molar refractivity (Wildman–Crippen MR) is 130 cm³/mol. The molecule has 0 radical (unpaired) electrons. The first-order valence-corrected chi connectivity index (χ1v) is 12.9. The van der Waals surface area contributed by atoms with Gasteiger partial charge in [-0.15, -0.1) is 0 Å². The van der Waals surface area contributed by atoms with Gasteiger partial charge in [-0.3, -0.25) is 0 Å². The fraction of sp³-hybridized carbons (Fsp3) is 0.296. The van der Waals surface area contributed by atoms with Gasteiger partial charge in [-0.2, -0.15) is 0 Å². The second-order valence-corrected chi connectivity index (χ2v) is 13.2. The minimum atomic E-state index is -2.69. The number of aliphatic hydroxyl groups is 1. The first kappa shape index (κ1) is 23.9. The van der Waals surface area contributed by atoms with E-state index in [9.17, 15) is 9.90 Å². The van der Waals surface area contributed by atoms with Crippen LogP contribution in [-0.2, 0) is 20.6 Å². The van der Waals surface area contributed by atoms with Gasteiger partial charge in [-0.25, -0.2) is 4.79 Å². The quantitative estimate of drug-likeness (QED) is 0.396. The van der Waals surface area contributed by atoms with Crippen molar-refractivity contribution in [2.45, 2.75) is 44.9 Å². The van der Waals surface area contributed by atoms with Crippen LogP contribution in [0.4, 0.5) is 0 Å².